The van der Waals surface area contributed by atoms with Crippen molar-refractivity contribution in [2.24, 2.45) is 0 Å². The molecule has 4 rings (SSSR count). The van der Waals surface area contributed by atoms with Gasteiger partial charge in [0.15, 0.2) is 0 Å². The van der Waals surface area contributed by atoms with Crippen LogP contribution in [0.5, 0.6) is 0 Å². The lowest BCUT2D eigenvalue weighted by Crippen LogP contribution is -1.97. The smallest absolute Gasteiger partial charge is 0.0463 e. The second-order valence-corrected chi connectivity index (χ2v) is 5.97. The summed E-state index contributed by atoms with van der Waals surface area (Å²) in [5.41, 5.74) is 4.94. The second-order valence-electron chi connectivity index (χ2n) is 5.97. The van der Waals surface area contributed by atoms with Gasteiger partial charge in [-0.2, -0.15) is 0 Å². The molecule has 0 saturated heterocycles. The standard InChI is InChI=1S/C23H19N/c1-2-9-18(10-3-1)17-20-12-5-7-15-22(20)24-23-16-8-13-19-11-4-6-14-21(19)23/h1-16,24H,17H2. The van der Waals surface area contributed by atoms with Crippen LogP contribution in [0, 0.1) is 0 Å². The number of para-hydroxylation sites is 1. The highest BCUT2D eigenvalue weighted by Crippen LogP contribution is 2.28. The van der Waals surface area contributed by atoms with Crippen LogP contribution >= 0.6 is 0 Å². The Morgan fingerprint density at radius 3 is 2.12 bits per heavy atom. The number of rotatable bonds is 4. The van der Waals surface area contributed by atoms with Crippen molar-refractivity contribution in [1.82, 2.24) is 0 Å². The molecule has 0 bridgehead atoms. The highest BCUT2D eigenvalue weighted by molar-refractivity contribution is 5.95. The van der Waals surface area contributed by atoms with Crippen LogP contribution in [0.2, 0.25) is 0 Å². The molecule has 0 heterocycles. The largest absolute Gasteiger partial charge is 0.355 e. The zero-order valence-electron chi connectivity index (χ0n) is 13.4. The first kappa shape index (κ1) is 14.5. The number of fused-ring (bicyclic) bond motifs is 1. The molecule has 1 N–H and O–H groups in total. The Bertz CT molecular complexity index is 952. The van der Waals surface area contributed by atoms with Gasteiger partial charge in [-0.25, -0.2) is 0 Å². The van der Waals surface area contributed by atoms with Gasteiger partial charge in [-0.1, -0.05) is 84.9 Å². The molecule has 0 saturated carbocycles. The molecule has 0 aromatic heterocycles. The fourth-order valence-corrected chi connectivity index (χ4v) is 3.09. The molecule has 0 radical (unpaired) electrons. The minimum atomic E-state index is 0.925. The van der Waals surface area contributed by atoms with Crippen LogP contribution in [-0.4, -0.2) is 0 Å². The summed E-state index contributed by atoms with van der Waals surface area (Å²) in [6.45, 7) is 0. The molecule has 1 nitrogen and oxygen atoms in total. The predicted molar refractivity (Wildman–Crippen MR) is 103 cm³/mol. The van der Waals surface area contributed by atoms with E-state index >= 15 is 0 Å². The number of hydrogen-bond donors (Lipinski definition) is 1. The number of hydrogen-bond acceptors (Lipinski definition) is 1. The molecule has 0 aliphatic carbocycles. The van der Waals surface area contributed by atoms with E-state index in [9.17, 15) is 0 Å². The summed E-state index contributed by atoms with van der Waals surface area (Å²) in [6.07, 6.45) is 0.925. The molecule has 0 amide bonds. The van der Waals surface area contributed by atoms with Gasteiger partial charge in [-0.3, -0.25) is 0 Å². The molecular formula is C23H19N. The van der Waals surface area contributed by atoms with Crippen molar-refractivity contribution < 1.29 is 0 Å². The van der Waals surface area contributed by atoms with E-state index in [1.165, 1.54) is 21.9 Å². The van der Waals surface area contributed by atoms with Crippen molar-refractivity contribution in [2.75, 3.05) is 5.32 Å². The summed E-state index contributed by atoms with van der Waals surface area (Å²) < 4.78 is 0. The molecule has 24 heavy (non-hydrogen) atoms. The van der Waals surface area contributed by atoms with Crippen molar-refractivity contribution in [1.29, 1.82) is 0 Å². The monoisotopic (exact) mass is 309 g/mol. The lowest BCUT2D eigenvalue weighted by atomic mass is 10.0. The molecule has 0 unspecified atom stereocenters. The van der Waals surface area contributed by atoms with E-state index in [1.54, 1.807) is 0 Å². The minimum Gasteiger partial charge on any atom is -0.355 e. The summed E-state index contributed by atoms with van der Waals surface area (Å²) >= 11 is 0. The Morgan fingerprint density at radius 2 is 1.21 bits per heavy atom. The fourth-order valence-electron chi connectivity index (χ4n) is 3.09. The van der Waals surface area contributed by atoms with Gasteiger partial charge < -0.3 is 5.32 Å². The van der Waals surface area contributed by atoms with Gasteiger partial charge in [0.1, 0.15) is 0 Å². The minimum absolute atomic E-state index is 0.925. The van der Waals surface area contributed by atoms with Crippen LogP contribution in [0.25, 0.3) is 10.8 Å². The first-order chi connectivity index (χ1) is 11.9. The van der Waals surface area contributed by atoms with E-state index in [1.807, 2.05) is 0 Å². The quantitative estimate of drug-likeness (QED) is 0.475. The van der Waals surface area contributed by atoms with Crippen LogP contribution in [0.4, 0.5) is 11.4 Å². The maximum absolute atomic E-state index is 3.64. The van der Waals surface area contributed by atoms with Crippen molar-refractivity contribution in [3.8, 4) is 0 Å². The van der Waals surface area contributed by atoms with Gasteiger partial charge in [0, 0.05) is 16.8 Å². The third-order valence-corrected chi connectivity index (χ3v) is 4.31. The molecular weight excluding hydrogens is 290 g/mol. The summed E-state index contributed by atoms with van der Waals surface area (Å²) in [6, 6.07) is 34.0. The predicted octanol–water partition coefficient (Wildman–Crippen LogP) is 6.17. The summed E-state index contributed by atoms with van der Waals surface area (Å²) in [5, 5.41) is 6.13. The number of benzene rings is 4. The first-order valence-corrected chi connectivity index (χ1v) is 8.27. The highest BCUT2D eigenvalue weighted by atomic mass is 14.9. The molecule has 0 aliphatic heterocycles. The molecule has 4 aromatic carbocycles. The highest BCUT2D eigenvalue weighted by Gasteiger charge is 2.05. The van der Waals surface area contributed by atoms with Crippen LogP contribution in [-0.2, 0) is 6.42 Å². The van der Waals surface area contributed by atoms with Crippen LogP contribution < -0.4 is 5.32 Å². The second kappa shape index (κ2) is 6.59. The maximum atomic E-state index is 3.64. The van der Waals surface area contributed by atoms with Gasteiger partial charge in [0.2, 0.25) is 0 Å². The van der Waals surface area contributed by atoms with Crippen molar-refractivity contribution in [3.05, 3.63) is 108 Å². The van der Waals surface area contributed by atoms with Crippen molar-refractivity contribution in [2.45, 2.75) is 6.42 Å². The Morgan fingerprint density at radius 1 is 0.542 bits per heavy atom. The van der Waals surface area contributed by atoms with Crippen LogP contribution in [0.1, 0.15) is 11.1 Å². The Balaban J connectivity index is 1.70. The molecule has 116 valence electrons. The molecule has 4 aromatic rings. The zero-order chi connectivity index (χ0) is 16.2. The van der Waals surface area contributed by atoms with E-state index < -0.39 is 0 Å². The topological polar surface area (TPSA) is 12.0 Å². The van der Waals surface area contributed by atoms with Gasteiger partial charge in [0.05, 0.1) is 0 Å². The normalized spacial score (nSPS) is 10.7. The number of anilines is 2. The third-order valence-electron chi connectivity index (χ3n) is 4.31. The van der Waals surface area contributed by atoms with Gasteiger partial charge in [-0.15, -0.1) is 0 Å². The summed E-state index contributed by atoms with van der Waals surface area (Å²) in [7, 11) is 0. The maximum Gasteiger partial charge on any atom is 0.0463 e. The van der Waals surface area contributed by atoms with Gasteiger partial charge in [-0.05, 0) is 35.1 Å². The molecule has 1 heteroatoms. The average molecular weight is 309 g/mol. The zero-order valence-corrected chi connectivity index (χ0v) is 13.4. The average Bonchev–Trinajstić information content (AvgIpc) is 2.64. The van der Waals surface area contributed by atoms with E-state index in [4.69, 9.17) is 0 Å². The number of nitrogens with one attached hydrogen (secondary N) is 1. The van der Waals surface area contributed by atoms with E-state index in [0.717, 1.165) is 17.8 Å². The third kappa shape index (κ3) is 3.02. The Hall–Kier alpha value is -3.06. The summed E-state index contributed by atoms with van der Waals surface area (Å²) in [5.74, 6) is 0. The Labute approximate surface area is 142 Å². The van der Waals surface area contributed by atoms with E-state index in [2.05, 4.69) is 102 Å². The fraction of sp³-hybridized carbons (Fsp3) is 0.0435. The van der Waals surface area contributed by atoms with Crippen LogP contribution in [0.15, 0.2) is 97.1 Å². The summed E-state index contributed by atoms with van der Waals surface area (Å²) in [4.78, 5) is 0. The first-order valence-electron chi connectivity index (χ1n) is 8.27. The van der Waals surface area contributed by atoms with Gasteiger partial charge >= 0.3 is 0 Å². The molecule has 0 fully saturated rings. The van der Waals surface area contributed by atoms with E-state index in [0.29, 0.717) is 0 Å². The van der Waals surface area contributed by atoms with Gasteiger partial charge in [0.25, 0.3) is 0 Å². The lowest BCUT2D eigenvalue weighted by Gasteiger charge is -2.14. The molecule has 0 aliphatic rings. The van der Waals surface area contributed by atoms with E-state index in [-0.39, 0.29) is 0 Å². The van der Waals surface area contributed by atoms with Crippen molar-refractivity contribution >= 4 is 22.1 Å². The molecule has 0 atom stereocenters. The molecule has 0 spiro atoms. The Kier molecular flexibility index (Phi) is 3.99. The SMILES string of the molecule is c1ccc(Cc2ccccc2Nc2cccc3ccccc23)cc1. The lowest BCUT2D eigenvalue weighted by molar-refractivity contribution is 1.19. The van der Waals surface area contributed by atoms with Crippen molar-refractivity contribution in [3.63, 3.8) is 0 Å². The van der Waals surface area contributed by atoms with Crippen LogP contribution in [0.3, 0.4) is 0 Å².